The zero-order valence-electron chi connectivity index (χ0n) is 10.6. The van der Waals surface area contributed by atoms with Crippen molar-refractivity contribution in [2.75, 3.05) is 17.2 Å². The molecule has 0 aromatic heterocycles. The van der Waals surface area contributed by atoms with Crippen LogP contribution >= 0.6 is 0 Å². The van der Waals surface area contributed by atoms with E-state index in [9.17, 15) is 13.2 Å². The Labute approximate surface area is 114 Å². The molecule has 0 unspecified atom stereocenters. The molecule has 1 aliphatic rings. The number of hydrogen-bond acceptors (Lipinski definition) is 2. The second kappa shape index (κ2) is 4.44. The number of nitrogens with two attached hydrogens (primary N) is 1. The number of alkyl halides is 3. The van der Waals surface area contributed by atoms with Crippen LogP contribution in [0.2, 0.25) is 0 Å². The molecule has 104 valence electrons. The Morgan fingerprint density at radius 2 is 1.70 bits per heavy atom. The van der Waals surface area contributed by atoms with Gasteiger partial charge in [-0.3, -0.25) is 0 Å². The Morgan fingerprint density at radius 3 is 2.35 bits per heavy atom. The maximum Gasteiger partial charge on any atom is 0.416 e. The third-order valence-corrected chi connectivity index (χ3v) is 3.51. The molecule has 1 aliphatic heterocycles. The van der Waals surface area contributed by atoms with E-state index in [1.807, 2.05) is 17.0 Å². The van der Waals surface area contributed by atoms with Crippen LogP contribution in [0.4, 0.5) is 30.2 Å². The largest absolute Gasteiger partial charge is 0.416 e. The first-order valence-electron chi connectivity index (χ1n) is 6.28. The molecule has 0 bridgehead atoms. The molecule has 0 radical (unpaired) electrons. The van der Waals surface area contributed by atoms with Crippen LogP contribution in [0.15, 0.2) is 42.5 Å². The number of fused-ring (bicyclic) bond motifs is 1. The number of nitrogens with zero attached hydrogens (tertiary/aromatic N) is 1. The van der Waals surface area contributed by atoms with Gasteiger partial charge in [0.15, 0.2) is 0 Å². The van der Waals surface area contributed by atoms with Crippen LogP contribution in [-0.2, 0) is 12.6 Å². The Hall–Kier alpha value is -2.17. The van der Waals surface area contributed by atoms with Crippen LogP contribution < -0.4 is 10.6 Å². The van der Waals surface area contributed by atoms with E-state index in [1.54, 1.807) is 6.07 Å². The molecule has 2 aromatic rings. The summed E-state index contributed by atoms with van der Waals surface area (Å²) in [6, 6.07) is 10.9. The second-order valence-corrected chi connectivity index (χ2v) is 4.83. The topological polar surface area (TPSA) is 29.3 Å². The average molecular weight is 278 g/mol. The Balaban J connectivity index is 1.93. The number of hydrogen-bond donors (Lipinski definition) is 1. The maximum atomic E-state index is 12.6. The van der Waals surface area contributed by atoms with Crippen LogP contribution in [0.5, 0.6) is 0 Å². The third kappa shape index (κ3) is 2.19. The maximum absolute atomic E-state index is 12.6. The van der Waals surface area contributed by atoms with Crippen molar-refractivity contribution in [1.82, 2.24) is 0 Å². The van der Waals surface area contributed by atoms with Crippen molar-refractivity contribution in [2.24, 2.45) is 0 Å². The van der Waals surface area contributed by atoms with E-state index in [2.05, 4.69) is 0 Å². The van der Waals surface area contributed by atoms with Crippen molar-refractivity contribution in [3.05, 3.63) is 53.6 Å². The van der Waals surface area contributed by atoms with E-state index in [0.717, 1.165) is 42.0 Å². The SMILES string of the molecule is Nc1ccc2c(c1)CCN2c1ccc(C(F)(F)F)cc1. The zero-order valence-corrected chi connectivity index (χ0v) is 10.6. The monoisotopic (exact) mass is 278 g/mol. The van der Waals surface area contributed by atoms with Gasteiger partial charge in [0.05, 0.1) is 5.56 Å². The second-order valence-electron chi connectivity index (χ2n) is 4.83. The summed E-state index contributed by atoms with van der Waals surface area (Å²) in [5, 5.41) is 0. The zero-order chi connectivity index (χ0) is 14.3. The van der Waals surface area contributed by atoms with Gasteiger partial charge in [-0.2, -0.15) is 13.2 Å². The van der Waals surface area contributed by atoms with Gasteiger partial charge in [-0.05, 0) is 54.4 Å². The molecular formula is C15H13F3N2. The minimum absolute atomic E-state index is 0.627. The molecule has 0 amide bonds. The van der Waals surface area contributed by atoms with Gasteiger partial charge < -0.3 is 10.6 Å². The first-order valence-corrected chi connectivity index (χ1v) is 6.28. The van der Waals surface area contributed by atoms with Gasteiger partial charge in [0.2, 0.25) is 0 Å². The van der Waals surface area contributed by atoms with Gasteiger partial charge >= 0.3 is 6.18 Å². The molecule has 0 aliphatic carbocycles. The molecule has 2 nitrogen and oxygen atoms in total. The van der Waals surface area contributed by atoms with Gasteiger partial charge in [0, 0.05) is 23.6 Å². The molecule has 2 aromatic carbocycles. The standard InChI is InChI=1S/C15H13F3N2/c16-15(17,18)11-1-4-13(5-2-11)20-8-7-10-9-12(19)3-6-14(10)20/h1-6,9H,7-8,19H2. The predicted molar refractivity (Wildman–Crippen MR) is 73.0 cm³/mol. The lowest BCUT2D eigenvalue weighted by molar-refractivity contribution is -0.137. The molecule has 2 N–H and O–H groups in total. The lowest BCUT2D eigenvalue weighted by Gasteiger charge is -2.20. The van der Waals surface area contributed by atoms with E-state index in [0.29, 0.717) is 5.69 Å². The lowest BCUT2D eigenvalue weighted by atomic mass is 10.1. The van der Waals surface area contributed by atoms with E-state index in [4.69, 9.17) is 5.73 Å². The van der Waals surface area contributed by atoms with E-state index in [-0.39, 0.29) is 0 Å². The van der Waals surface area contributed by atoms with Crippen molar-refractivity contribution in [2.45, 2.75) is 12.6 Å². The number of rotatable bonds is 1. The molecule has 0 fully saturated rings. The van der Waals surface area contributed by atoms with Crippen molar-refractivity contribution >= 4 is 17.1 Å². The van der Waals surface area contributed by atoms with Gasteiger partial charge in [-0.15, -0.1) is 0 Å². The average Bonchev–Trinajstić information content (AvgIpc) is 2.80. The highest BCUT2D eigenvalue weighted by molar-refractivity contribution is 5.72. The Kier molecular flexibility index (Phi) is 2.85. The summed E-state index contributed by atoms with van der Waals surface area (Å²) < 4.78 is 37.7. The summed E-state index contributed by atoms with van der Waals surface area (Å²) in [5.74, 6) is 0. The quantitative estimate of drug-likeness (QED) is 0.799. The summed E-state index contributed by atoms with van der Waals surface area (Å²) in [5.41, 5.74) is 8.73. The fourth-order valence-corrected chi connectivity index (χ4v) is 2.52. The first-order chi connectivity index (χ1) is 9.45. The smallest absolute Gasteiger partial charge is 0.399 e. The summed E-state index contributed by atoms with van der Waals surface area (Å²) in [6.45, 7) is 0.754. The molecule has 5 heteroatoms. The van der Waals surface area contributed by atoms with E-state index in [1.165, 1.54) is 12.1 Å². The van der Waals surface area contributed by atoms with Crippen LogP contribution in [0.3, 0.4) is 0 Å². The van der Waals surface area contributed by atoms with E-state index < -0.39 is 11.7 Å². The predicted octanol–water partition coefficient (Wildman–Crippen LogP) is 3.98. The van der Waals surface area contributed by atoms with Crippen LogP contribution in [0, 0.1) is 0 Å². The number of benzene rings is 2. The lowest BCUT2D eigenvalue weighted by Crippen LogP contribution is -2.13. The highest BCUT2D eigenvalue weighted by Crippen LogP contribution is 2.37. The van der Waals surface area contributed by atoms with Gasteiger partial charge in [-0.25, -0.2) is 0 Å². The molecule has 0 atom stereocenters. The summed E-state index contributed by atoms with van der Waals surface area (Å²) >= 11 is 0. The highest BCUT2D eigenvalue weighted by Gasteiger charge is 2.30. The molecule has 3 rings (SSSR count). The van der Waals surface area contributed by atoms with Gasteiger partial charge in [-0.1, -0.05) is 0 Å². The van der Waals surface area contributed by atoms with Crippen LogP contribution in [0.1, 0.15) is 11.1 Å². The molecule has 1 heterocycles. The minimum atomic E-state index is -4.30. The summed E-state index contributed by atoms with van der Waals surface area (Å²) in [7, 11) is 0. The number of halogens is 3. The van der Waals surface area contributed by atoms with Crippen molar-refractivity contribution < 1.29 is 13.2 Å². The van der Waals surface area contributed by atoms with Crippen LogP contribution in [0.25, 0.3) is 0 Å². The number of anilines is 3. The first kappa shape index (κ1) is 12.8. The Morgan fingerprint density at radius 1 is 1.00 bits per heavy atom. The molecular weight excluding hydrogens is 265 g/mol. The normalized spacial score (nSPS) is 14.4. The van der Waals surface area contributed by atoms with Gasteiger partial charge in [0.25, 0.3) is 0 Å². The summed E-state index contributed by atoms with van der Waals surface area (Å²) in [4.78, 5) is 2.01. The molecule has 0 saturated heterocycles. The fourth-order valence-electron chi connectivity index (χ4n) is 2.52. The van der Waals surface area contributed by atoms with Crippen molar-refractivity contribution in [3.63, 3.8) is 0 Å². The molecule has 0 saturated carbocycles. The molecule has 0 spiro atoms. The van der Waals surface area contributed by atoms with E-state index >= 15 is 0 Å². The molecule has 20 heavy (non-hydrogen) atoms. The highest BCUT2D eigenvalue weighted by atomic mass is 19.4. The summed E-state index contributed by atoms with van der Waals surface area (Å²) in [6.07, 6.45) is -3.45. The Bertz CT molecular complexity index is 633. The van der Waals surface area contributed by atoms with Crippen molar-refractivity contribution in [1.29, 1.82) is 0 Å². The van der Waals surface area contributed by atoms with Crippen LogP contribution in [-0.4, -0.2) is 6.54 Å². The fraction of sp³-hybridized carbons (Fsp3) is 0.200. The van der Waals surface area contributed by atoms with Crippen molar-refractivity contribution in [3.8, 4) is 0 Å². The van der Waals surface area contributed by atoms with Gasteiger partial charge in [0.1, 0.15) is 0 Å². The third-order valence-electron chi connectivity index (χ3n) is 3.51. The minimum Gasteiger partial charge on any atom is -0.399 e. The number of nitrogen functional groups attached to an aromatic ring is 1.